The maximum absolute atomic E-state index is 11.8. The van der Waals surface area contributed by atoms with Crippen LogP contribution in [0.5, 0.6) is 0 Å². The van der Waals surface area contributed by atoms with E-state index in [9.17, 15) is 9.59 Å². The van der Waals surface area contributed by atoms with Crippen molar-refractivity contribution < 1.29 is 14.3 Å². The number of benzene rings is 1. The quantitative estimate of drug-likeness (QED) is 0.840. The minimum atomic E-state index is -0.856. The van der Waals surface area contributed by atoms with E-state index in [-0.39, 0.29) is 5.92 Å². The molecule has 5 heteroatoms. The number of rotatable bonds is 4. The zero-order valence-electron chi connectivity index (χ0n) is 11.1. The van der Waals surface area contributed by atoms with Gasteiger partial charge in [0.2, 0.25) is 0 Å². The molecule has 0 aliphatic heterocycles. The van der Waals surface area contributed by atoms with Crippen LogP contribution in [0.25, 0.3) is 0 Å². The molecule has 5 nitrogen and oxygen atoms in total. The normalized spacial score (nSPS) is 11.5. The minimum Gasteiger partial charge on any atom is -0.452 e. The van der Waals surface area contributed by atoms with Gasteiger partial charge in [-0.3, -0.25) is 9.59 Å². The van der Waals surface area contributed by atoms with Crippen molar-refractivity contribution >= 4 is 17.6 Å². The van der Waals surface area contributed by atoms with Crippen molar-refractivity contribution in [3.8, 4) is 6.07 Å². The van der Waals surface area contributed by atoms with Crippen LogP contribution in [0.4, 0.5) is 5.69 Å². The van der Waals surface area contributed by atoms with Crippen LogP contribution in [0.3, 0.4) is 0 Å². The van der Waals surface area contributed by atoms with Gasteiger partial charge in [0.05, 0.1) is 17.6 Å². The van der Waals surface area contributed by atoms with Crippen LogP contribution < -0.4 is 5.32 Å². The van der Waals surface area contributed by atoms with Crippen molar-refractivity contribution in [2.24, 2.45) is 5.92 Å². The fourth-order valence-corrected chi connectivity index (χ4v) is 1.24. The van der Waals surface area contributed by atoms with Crippen molar-refractivity contribution in [3.63, 3.8) is 0 Å². The number of esters is 1. The van der Waals surface area contributed by atoms with Crippen LogP contribution in [0.15, 0.2) is 24.3 Å². The predicted molar refractivity (Wildman–Crippen MR) is 70.2 cm³/mol. The summed E-state index contributed by atoms with van der Waals surface area (Å²) in [5.41, 5.74) is 1.06. The molecule has 0 unspecified atom stereocenters. The molecule has 1 rings (SSSR count). The highest BCUT2D eigenvalue weighted by molar-refractivity contribution is 5.95. The fraction of sp³-hybridized carbons (Fsp3) is 0.357. The van der Waals surface area contributed by atoms with Crippen LogP contribution in [0.2, 0.25) is 0 Å². The van der Waals surface area contributed by atoms with Crippen LogP contribution in [0.1, 0.15) is 26.3 Å². The van der Waals surface area contributed by atoms with E-state index in [2.05, 4.69) is 5.32 Å². The molecular formula is C14H16N2O3. The number of carbonyl (C=O) groups excluding carboxylic acids is 2. The van der Waals surface area contributed by atoms with Gasteiger partial charge in [0.15, 0.2) is 6.10 Å². The number of amides is 1. The maximum Gasteiger partial charge on any atom is 0.309 e. The predicted octanol–water partition coefficient (Wildman–Crippen LogP) is 2.08. The molecule has 1 atom stereocenters. The molecule has 0 saturated heterocycles. The number of nitrogens with zero attached hydrogens (tertiary/aromatic N) is 1. The molecule has 1 aromatic rings. The summed E-state index contributed by atoms with van der Waals surface area (Å²) in [4.78, 5) is 23.1. The Hall–Kier alpha value is -2.35. The Balaban J connectivity index is 2.58. The Kier molecular flexibility index (Phi) is 5.07. The lowest BCUT2D eigenvalue weighted by atomic mass is 10.2. The molecule has 0 saturated carbocycles. The minimum absolute atomic E-state index is 0.273. The van der Waals surface area contributed by atoms with E-state index in [1.807, 2.05) is 6.07 Å². The van der Waals surface area contributed by atoms with Crippen LogP contribution in [-0.4, -0.2) is 18.0 Å². The second kappa shape index (κ2) is 6.55. The molecule has 100 valence electrons. The number of hydrogen-bond acceptors (Lipinski definition) is 4. The molecule has 1 amide bonds. The summed E-state index contributed by atoms with van der Waals surface area (Å²) >= 11 is 0. The molecule has 19 heavy (non-hydrogen) atoms. The third kappa shape index (κ3) is 4.43. The van der Waals surface area contributed by atoms with Crippen molar-refractivity contribution in [1.82, 2.24) is 0 Å². The van der Waals surface area contributed by atoms with E-state index in [1.54, 1.807) is 38.1 Å². The average Bonchev–Trinajstić information content (AvgIpc) is 2.39. The van der Waals surface area contributed by atoms with Crippen LogP contribution in [-0.2, 0) is 14.3 Å². The molecule has 0 aliphatic carbocycles. The fourth-order valence-electron chi connectivity index (χ4n) is 1.24. The van der Waals surface area contributed by atoms with Crippen molar-refractivity contribution in [2.75, 3.05) is 5.32 Å². The highest BCUT2D eigenvalue weighted by Crippen LogP contribution is 2.10. The summed E-state index contributed by atoms with van der Waals surface area (Å²) in [6.45, 7) is 4.92. The van der Waals surface area contributed by atoms with Gasteiger partial charge in [0, 0.05) is 5.69 Å². The van der Waals surface area contributed by atoms with Crippen molar-refractivity contribution in [3.05, 3.63) is 29.8 Å². The Bertz CT molecular complexity index is 500. The van der Waals surface area contributed by atoms with Gasteiger partial charge in [-0.05, 0) is 31.2 Å². The van der Waals surface area contributed by atoms with E-state index in [4.69, 9.17) is 10.00 Å². The Labute approximate surface area is 112 Å². The summed E-state index contributed by atoms with van der Waals surface area (Å²) in [7, 11) is 0. The molecule has 0 fully saturated rings. The van der Waals surface area contributed by atoms with Gasteiger partial charge in [0.25, 0.3) is 5.91 Å². The summed E-state index contributed by atoms with van der Waals surface area (Å²) in [6.07, 6.45) is -0.856. The van der Waals surface area contributed by atoms with Gasteiger partial charge in [-0.25, -0.2) is 0 Å². The lowest BCUT2D eigenvalue weighted by molar-refractivity contribution is -0.156. The van der Waals surface area contributed by atoms with Gasteiger partial charge >= 0.3 is 5.97 Å². The third-order valence-corrected chi connectivity index (χ3v) is 2.42. The Morgan fingerprint density at radius 3 is 2.26 bits per heavy atom. The monoisotopic (exact) mass is 260 g/mol. The Morgan fingerprint density at radius 2 is 1.79 bits per heavy atom. The molecule has 0 aromatic heterocycles. The summed E-state index contributed by atoms with van der Waals surface area (Å²) < 4.78 is 4.99. The SMILES string of the molecule is CC(C)C(=O)O[C@@H](C)C(=O)Nc1ccc(C#N)cc1. The highest BCUT2D eigenvalue weighted by atomic mass is 16.5. The summed E-state index contributed by atoms with van der Waals surface area (Å²) in [5, 5.41) is 11.3. The van der Waals surface area contributed by atoms with Crippen molar-refractivity contribution in [2.45, 2.75) is 26.9 Å². The van der Waals surface area contributed by atoms with Gasteiger partial charge in [-0.15, -0.1) is 0 Å². The first-order chi connectivity index (χ1) is 8.93. The van der Waals surface area contributed by atoms with E-state index in [0.717, 1.165) is 0 Å². The second-order valence-corrected chi connectivity index (χ2v) is 4.41. The van der Waals surface area contributed by atoms with Gasteiger partial charge in [-0.2, -0.15) is 5.26 Å². The molecule has 0 spiro atoms. The number of nitrogens with one attached hydrogen (secondary N) is 1. The third-order valence-electron chi connectivity index (χ3n) is 2.42. The van der Waals surface area contributed by atoms with E-state index in [0.29, 0.717) is 11.3 Å². The first-order valence-electron chi connectivity index (χ1n) is 5.95. The molecule has 1 aromatic carbocycles. The highest BCUT2D eigenvalue weighted by Gasteiger charge is 2.19. The van der Waals surface area contributed by atoms with Crippen LogP contribution in [0, 0.1) is 17.2 Å². The van der Waals surface area contributed by atoms with Crippen LogP contribution >= 0.6 is 0 Å². The smallest absolute Gasteiger partial charge is 0.309 e. The first-order valence-corrected chi connectivity index (χ1v) is 5.95. The number of anilines is 1. The van der Waals surface area contributed by atoms with E-state index in [1.165, 1.54) is 6.92 Å². The second-order valence-electron chi connectivity index (χ2n) is 4.41. The van der Waals surface area contributed by atoms with E-state index < -0.39 is 18.0 Å². The topological polar surface area (TPSA) is 79.2 Å². The number of ether oxygens (including phenoxy) is 1. The lowest BCUT2D eigenvalue weighted by Crippen LogP contribution is -2.31. The molecular weight excluding hydrogens is 244 g/mol. The van der Waals surface area contributed by atoms with Crippen molar-refractivity contribution in [1.29, 1.82) is 5.26 Å². The molecule has 0 heterocycles. The zero-order chi connectivity index (χ0) is 14.4. The summed E-state index contributed by atoms with van der Waals surface area (Å²) in [6, 6.07) is 8.42. The molecule has 0 bridgehead atoms. The number of carbonyl (C=O) groups is 2. The average molecular weight is 260 g/mol. The summed E-state index contributed by atoms with van der Waals surface area (Å²) in [5.74, 6) is -1.09. The number of nitriles is 1. The largest absolute Gasteiger partial charge is 0.452 e. The molecule has 1 N–H and O–H groups in total. The molecule has 0 radical (unpaired) electrons. The maximum atomic E-state index is 11.8. The van der Waals surface area contributed by atoms with E-state index >= 15 is 0 Å². The Morgan fingerprint density at radius 1 is 1.21 bits per heavy atom. The van der Waals surface area contributed by atoms with Gasteiger partial charge in [-0.1, -0.05) is 13.8 Å². The van der Waals surface area contributed by atoms with Gasteiger partial charge < -0.3 is 10.1 Å². The van der Waals surface area contributed by atoms with Gasteiger partial charge in [0.1, 0.15) is 0 Å². The first kappa shape index (κ1) is 14.7. The lowest BCUT2D eigenvalue weighted by Gasteiger charge is -2.14. The standard InChI is InChI=1S/C14H16N2O3/c1-9(2)14(18)19-10(3)13(17)16-12-6-4-11(8-15)5-7-12/h4-7,9-10H,1-3H3,(H,16,17)/t10-/m0/s1. The number of hydrogen-bond donors (Lipinski definition) is 1. The zero-order valence-corrected chi connectivity index (χ0v) is 11.1. The molecule has 0 aliphatic rings.